The van der Waals surface area contributed by atoms with Gasteiger partial charge in [-0.2, -0.15) is 0 Å². The summed E-state index contributed by atoms with van der Waals surface area (Å²) in [5, 5.41) is 14.4. The maximum atomic E-state index is 11.9. The summed E-state index contributed by atoms with van der Waals surface area (Å²) < 4.78 is 0. The molecule has 0 bridgehead atoms. The van der Waals surface area contributed by atoms with E-state index in [1.54, 1.807) is 0 Å². The predicted octanol–water partition coefficient (Wildman–Crippen LogP) is 3.98. The highest BCUT2D eigenvalue weighted by atomic mass is 16.3. The van der Waals surface area contributed by atoms with Crippen molar-refractivity contribution in [2.24, 2.45) is 11.8 Å². The smallest absolute Gasteiger partial charge is 0.117 e. The Kier molecular flexibility index (Phi) is 6.78. The molecule has 0 unspecified atom stereocenters. The van der Waals surface area contributed by atoms with E-state index in [0.717, 1.165) is 12.8 Å². The third-order valence-electron chi connectivity index (χ3n) is 7.31. The van der Waals surface area contributed by atoms with E-state index < -0.39 is 5.60 Å². The minimum absolute atomic E-state index is 0.176. The van der Waals surface area contributed by atoms with Crippen molar-refractivity contribution in [1.29, 1.82) is 0 Å². The van der Waals surface area contributed by atoms with E-state index in [1.807, 2.05) is 0 Å². The molecule has 1 aliphatic heterocycles. The van der Waals surface area contributed by atoms with Crippen LogP contribution in [0.3, 0.4) is 0 Å². The molecular formula is C26H40N3O+. The first-order valence-electron chi connectivity index (χ1n) is 11.3. The fourth-order valence-corrected chi connectivity index (χ4v) is 5.24. The summed E-state index contributed by atoms with van der Waals surface area (Å²) in [6.45, 7) is 6.65. The summed E-state index contributed by atoms with van der Waals surface area (Å²) in [6, 6.07) is 18.2. The van der Waals surface area contributed by atoms with Crippen LogP contribution in [0, 0.1) is 11.8 Å². The summed E-state index contributed by atoms with van der Waals surface area (Å²) in [5.74, 6) is 0.352. The summed E-state index contributed by atoms with van der Waals surface area (Å²) in [4.78, 5) is 4.25. The summed E-state index contributed by atoms with van der Waals surface area (Å²) in [7, 11) is 8.28. The van der Waals surface area contributed by atoms with Crippen LogP contribution in [-0.4, -0.2) is 38.9 Å². The Bertz CT molecular complexity index is 750. The first kappa shape index (κ1) is 22.6. The van der Waals surface area contributed by atoms with E-state index in [0.29, 0.717) is 0 Å². The van der Waals surface area contributed by atoms with E-state index in [4.69, 9.17) is 0 Å². The zero-order valence-corrected chi connectivity index (χ0v) is 19.8. The minimum Gasteiger partial charge on any atom is -0.389 e. The first-order chi connectivity index (χ1) is 14.2. The van der Waals surface area contributed by atoms with Gasteiger partial charge in [0.25, 0.3) is 0 Å². The molecule has 0 aromatic heterocycles. The van der Waals surface area contributed by atoms with Gasteiger partial charge in [-0.15, -0.1) is 0 Å². The second-order valence-corrected chi connectivity index (χ2v) is 9.53. The number of nitrogens with two attached hydrogens (primary N) is 1. The molecule has 4 atom stereocenters. The van der Waals surface area contributed by atoms with Gasteiger partial charge < -0.3 is 20.2 Å². The molecule has 164 valence electrons. The fraction of sp³-hybridized carbons (Fsp3) is 0.538. The highest BCUT2D eigenvalue weighted by molar-refractivity contribution is 5.47. The number of anilines is 2. The third-order valence-corrected chi connectivity index (χ3v) is 7.31. The van der Waals surface area contributed by atoms with Crippen LogP contribution in [0.2, 0.25) is 0 Å². The molecular weight excluding hydrogens is 370 g/mol. The molecule has 0 saturated carbocycles. The molecule has 0 spiro atoms. The van der Waals surface area contributed by atoms with Gasteiger partial charge in [0, 0.05) is 62.5 Å². The average Bonchev–Trinajstić information content (AvgIpc) is 2.73. The molecule has 0 aliphatic carbocycles. The van der Waals surface area contributed by atoms with Crippen molar-refractivity contribution >= 4 is 11.4 Å². The number of benzene rings is 2. The molecule has 3 rings (SSSR count). The van der Waals surface area contributed by atoms with Crippen molar-refractivity contribution in [2.45, 2.75) is 51.3 Å². The second kappa shape index (κ2) is 8.99. The van der Waals surface area contributed by atoms with Gasteiger partial charge in [-0.25, -0.2) is 0 Å². The van der Waals surface area contributed by atoms with Gasteiger partial charge in [-0.05, 0) is 30.7 Å². The number of nitrogens with zero attached hydrogens (tertiary/aromatic N) is 2. The highest BCUT2D eigenvalue weighted by Gasteiger charge is 2.53. The Balaban J connectivity index is 1.98. The second-order valence-electron chi connectivity index (χ2n) is 9.53. The van der Waals surface area contributed by atoms with Crippen LogP contribution in [-0.2, 0) is 0 Å². The highest BCUT2D eigenvalue weighted by Crippen LogP contribution is 2.45. The topological polar surface area (TPSA) is 43.3 Å². The van der Waals surface area contributed by atoms with Gasteiger partial charge in [0.2, 0.25) is 0 Å². The Labute approximate surface area is 182 Å². The SMILES string of the molecule is CCCC1(O)[C@@H](C)[C@@H](c2ccc(N(C)C)cc2)[NH2+][C@H](c2ccc(N(C)C)cc2)[C@@H]1C. The summed E-state index contributed by atoms with van der Waals surface area (Å²) >= 11 is 0. The maximum Gasteiger partial charge on any atom is 0.117 e. The lowest BCUT2D eigenvalue weighted by Gasteiger charge is -2.49. The van der Waals surface area contributed by atoms with Crippen molar-refractivity contribution < 1.29 is 10.4 Å². The van der Waals surface area contributed by atoms with E-state index in [9.17, 15) is 5.11 Å². The normalized spacial score (nSPS) is 28.9. The van der Waals surface area contributed by atoms with Gasteiger partial charge in [-0.3, -0.25) is 0 Å². The Morgan fingerprint density at radius 2 is 1.13 bits per heavy atom. The maximum absolute atomic E-state index is 11.9. The number of hydrogen-bond acceptors (Lipinski definition) is 3. The molecule has 0 radical (unpaired) electrons. The molecule has 1 aliphatic rings. The van der Waals surface area contributed by atoms with E-state index in [1.165, 1.54) is 22.5 Å². The number of quaternary nitrogens is 1. The molecule has 30 heavy (non-hydrogen) atoms. The number of piperidine rings is 1. The van der Waals surface area contributed by atoms with Crippen molar-refractivity contribution in [1.82, 2.24) is 0 Å². The Morgan fingerprint density at radius 1 is 0.767 bits per heavy atom. The van der Waals surface area contributed by atoms with Crippen LogP contribution >= 0.6 is 0 Å². The van der Waals surface area contributed by atoms with E-state index in [2.05, 4.69) is 113 Å². The van der Waals surface area contributed by atoms with Crippen LogP contribution in [0.15, 0.2) is 48.5 Å². The molecule has 0 amide bonds. The van der Waals surface area contributed by atoms with Gasteiger partial charge in [0.15, 0.2) is 0 Å². The van der Waals surface area contributed by atoms with Crippen molar-refractivity contribution in [3.8, 4) is 0 Å². The largest absolute Gasteiger partial charge is 0.389 e. The van der Waals surface area contributed by atoms with E-state index >= 15 is 0 Å². The number of hydrogen-bond donors (Lipinski definition) is 2. The molecule has 2 aromatic carbocycles. The van der Waals surface area contributed by atoms with Gasteiger partial charge in [-0.1, -0.05) is 51.5 Å². The average molecular weight is 411 g/mol. The van der Waals surface area contributed by atoms with Crippen molar-refractivity contribution in [3.05, 3.63) is 59.7 Å². The molecule has 1 saturated heterocycles. The minimum atomic E-state index is -0.681. The van der Waals surface area contributed by atoms with E-state index in [-0.39, 0.29) is 23.9 Å². The lowest BCUT2D eigenvalue weighted by Crippen LogP contribution is -2.93. The molecule has 4 nitrogen and oxygen atoms in total. The molecule has 3 N–H and O–H groups in total. The van der Waals surface area contributed by atoms with Gasteiger partial charge >= 0.3 is 0 Å². The summed E-state index contributed by atoms with van der Waals surface area (Å²) in [6.07, 6.45) is 1.82. The molecule has 1 heterocycles. The first-order valence-corrected chi connectivity index (χ1v) is 11.3. The van der Waals surface area contributed by atoms with Crippen LogP contribution < -0.4 is 15.1 Å². The molecule has 1 fully saturated rings. The zero-order chi connectivity index (χ0) is 22.1. The molecule has 2 aromatic rings. The Morgan fingerprint density at radius 3 is 1.43 bits per heavy atom. The van der Waals surface area contributed by atoms with Crippen LogP contribution in [0.1, 0.15) is 56.8 Å². The van der Waals surface area contributed by atoms with Gasteiger partial charge in [0.05, 0.1) is 5.60 Å². The van der Waals surface area contributed by atoms with Crippen LogP contribution in [0.4, 0.5) is 11.4 Å². The standard InChI is InChI=1S/C26H39N3O/c1-8-17-26(30)18(2)24(20-9-13-22(14-10-20)28(4)5)27-25(19(26)3)21-11-15-23(16-12-21)29(6)7/h9-16,18-19,24-25,27,30H,8,17H2,1-7H3/p+1/t18-,19-,24-,25-/m0/s1. The third kappa shape index (κ3) is 4.21. The number of rotatable bonds is 6. The van der Waals surface area contributed by atoms with Crippen LogP contribution in [0.5, 0.6) is 0 Å². The summed E-state index contributed by atoms with van der Waals surface area (Å²) in [5.41, 5.74) is 4.32. The molecule has 4 heteroatoms. The zero-order valence-electron chi connectivity index (χ0n) is 19.8. The predicted molar refractivity (Wildman–Crippen MR) is 127 cm³/mol. The van der Waals surface area contributed by atoms with Crippen molar-refractivity contribution in [2.75, 3.05) is 38.0 Å². The quantitative estimate of drug-likeness (QED) is 0.757. The van der Waals surface area contributed by atoms with Crippen LogP contribution in [0.25, 0.3) is 0 Å². The fourth-order valence-electron chi connectivity index (χ4n) is 5.24. The Hall–Kier alpha value is -2.04. The lowest BCUT2D eigenvalue weighted by molar-refractivity contribution is -0.764. The van der Waals surface area contributed by atoms with Gasteiger partial charge in [0.1, 0.15) is 12.1 Å². The number of aliphatic hydroxyl groups is 1. The lowest BCUT2D eigenvalue weighted by atomic mass is 9.64. The monoisotopic (exact) mass is 410 g/mol. The van der Waals surface area contributed by atoms with Crippen molar-refractivity contribution in [3.63, 3.8) is 0 Å².